The standard InChI is InChI=1S/C9H8Cl2N4S/c10-6-4-14-9(12)15-8(6)13-3-5-1-2-7(11)16-5/h1-2,4H,3H2,(H3,12,13,14,15). The molecule has 0 fully saturated rings. The molecule has 16 heavy (non-hydrogen) atoms. The maximum Gasteiger partial charge on any atom is 0.222 e. The number of anilines is 2. The fourth-order valence-electron chi connectivity index (χ4n) is 1.12. The molecule has 0 amide bonds. The summed E-state index contributed by atoms with van der Waals surface area (Å²) >= 11 is 13.2. The van der Waals surface area contributed by atoms with Crippen LogP contribution in [-0.4, -0.2) is 9.97 Å². The number of thiophene rings is 1. The molecule has 7 heteroatoms. The highest BCUT2D eigenvalue weighted by atomic mass is 35.5. The third-order valence-electron chi connectivity index (χ3n) is 1.82. The molecule has 0 saturated heterocycles. The second kappa shape index (κ2) is 4.86. The minimum atomic E-state index is 0.191. The Morgan fingerprint density at radius 2 is 2.19 bits per heavy atom. The Labute approximate surface area is 106 Å². The number of rotatable bonds is 3. The summed E-state index contributed by atoms with van der Waals surface area (Å²) in [6.07, 6.45) is 1.47. The van der Waals surface area contributed by atoms with Crippen LogP contribution in [0, 0.1) is 0 Å². The molecule has 0 spiro atoms. The van der Waals surface area contributed by atoms with Crippen LogP contribution in [0.4, 0.5) is 11.8 Å². The first kappa shape index (κ1) is 11.4. The smallest absolute Gasteiger partial charge is 0.222 e. The lowest BCUT2D eigenvalue weighted by atomic mass is 10.4. The molecule has 2 aromatic heterocycles. The summed E-state index contributed by atoms with van der Waals surface area (Å²) in [7, 11) is 0. The van der Waals surface area contributed by atoms with Gasteiger partial charge in [-0.1, -0.05) is 23.2 Å². The lowest BCUT2D eigenvalue weighted by Gasteiger charge is -2.05. The van der Waals surface area contributed by atoms with Crippen LogP contribution in [0.1, 0.15) is 4.88 Å². The topological polar surface area (TPSA) is 63.8 Å². The van der Waals surface area contributed by atoms with Crippen LogP contribution in [0.3, 0.4) is 0 Å². The predicted octanol–water partition coefficient (Wildman–Crippen LogP) is 3.04. The monoisotopic (exact) mass is 274 g/mol. The number of nitrogens with one attached hydrogen (secondary N) is 1. The molecule has 0 bridgehead atoms. The molecule has 0 unspecified atom stereocenters. The van der Waals surface area contributed by atoms with Gasteiger partial charge in [0.1, 0.15) is 5.02 Å². The second-order valence-electron chi connectivity index (χ2n) is 2.98. The van der Waals surface area contributed by atoms with Gasteiger partial charge in [0.15, 0.2) is 5.82 Å². The van der Waals surface area contributed by atoms with Gasteiger partial charge >= 0.3 is 0 Å². The Kier molecular flexibility index (Phi) is 3.48. The van der Waals surface area contributed by atoms with Gasteiger partial charge in [0, 0.05) is 4.88 Å². The summed E-state index contributed by atoms with van der Waals surface area (Å²) in [6.45, 7) is 0.605. The minimum Gasteiger partial charge on any atom is -0.368 e. The van der Waals surface area contributed by atoms with E-state index in [1.165, 1.54) is 17.5 Å². The highest BCUT2D eigenvalue weighted by Crippen LogP contribution is 2.24. The Morgan fingerprint density at radius 1 is 1.38 bits per heavy atom. The number of halogens is 2. The van der Waals surface area contributed by atoms with Crippen molar-refractivity contribution in [2.75, 3.05) is 11.1 Å². The van der Waals surface area contributed by atoms with E-state index >= 15 is 0 Å². The first-order valence-electron chi connectivity index (χ1n) is 4.41. The van der Waals surface area contributed by atoms with Crippen molar-refractivity contribution in [3.8, 4) is 0 Å². The van der Waals surface area contributed by atoms with Gasteiger partial charge in [0.25, 0.3) is 0 Å². The van der Waals surface area contributed by atoms with Crippen molar-refractivity contribution >= 4 is 46.3 Å². The van der Waals surface area contributed by atoms with Crippen LogP contribution in [0.25, 0.3) is 0 Å². The second-order valence-corrected chi connectivity index (χ2v) is 5.19. The zero-order valence-corrected chi connectivity index (χ0v) is 10.4. The van der Waals surface area contributed by atoms with Gasteiger partial charge in [-0.2, -0.15) is 4.98 Å². The van der Waals surface area contributed by atoms with Crippen molar-refractivity contribution in [3.63, 3.8) is 0 Å². The third kappa shape index (κ3) is 2.75. The van der Waals surface area contributed by atoms with Crippen LogP contribution in [0.2, 0.25) is 9.36 Å². The SMILES string of the molecule is Nc1ncc(Cl)c(NCc2ccc(Cl)s2)n1. The largest absolute Gasteiger partial charge is 0.368 e. The summed E-state index contributed by atoms with van der Waals surface area (Å²) < 4.78 is 0.755. The lowest BCUT2D eigenvalue weighted by molar-refractivity contribution is 1.11. The van der Waals surface area contributed by atoms with E-state index < -0.39 is 0 Å². The average Bonchev–Trinajstić information content (AvgIpc) is 2.66. The zero-order chi connectivity index (χ0) is 11.5. The van der Waals surface area contributed by atoms with Crippen LogP contribution in [-0.2, 0) is 6.54 Å². The van der Waals surface area contributed by atoms with E-state index in [-0.39, 0.29) is 5.95 Å². The molecule has 0 atom stereocenters. The van der Waals surface area contributed by atoms with E-state index in [4.69, 9.17) is 28.9 Å². The number of nitrogens with zero attached hydrogens (tertiary/aromatic N) is 2. The Bertz CT molecular complexity index is 500. The van der Waals surface area contributed by atoms with Gasteiger partial charge in [0.2, 0.25) is 5.95 Å². The van der Waals surface area contributed by atoms with Crippen molar-refractivity contribution in [3.05, 3.63) is 32.6 Å². The van der Waals surface area contributed by atoms with Gasteiger partial charge in [-0.05, 0) is 12.1 Å². The van der Waals surface area contributed by atoms with Crippen molar-refractivity contribution in [2.24, 2.45) is 0 Å². The van der Waals surface area contributed by atoms with Crippen LogP contribution in [0.5, 0.6) is 0 Å². The third-order valence-corrected chi connectivity index (χ3v) is 3.33. The Hall–Kier alpha value is -1.04. The molecule has 0 saturated carbocycles. The summed E-state index contributed by atoms with van der Waals surface area (Å²) in [5, 5.41) is 3.51. The molecule has 2 heterocycles. The van der Waals surface area contributed by atoms with Crippen LogP contribution >= 0.6 is 34.5 Å². The van der Waals surface area contributed by atoms with Gasteiger partial charge in [-0.15, -0.1) is 11.3 Å². The normalized spacial score (nSPS) is 10.4. The zero-order valence-electron chi connectivity index (χ0n) is 8.08. The van der Waals surface area contributed by atoms with Crippen LogP contribution < -0.4 is 11.1 Å². The number of hydrogen-bond acceptors (Lipinski definition) is 5. The van der Waals surface area contributed by atoms with E-state index in [0.29, 0.717) is 17.4 Å². The molecule has 4 nitrogen and oxygen atoms in total. The summed E-state index contributed by atoms with van der Waals surface area (Å²) in [6, 6.07) is 3.79. The molecule has 0 aromatic carbocycles. The molecule has 84 valence electrons. The predicted molar refractivity (Wildman–Crippen MR) is 68.1 cm³/mol. The number of hydrogen-bond donors (Lipinski definition) is 2. The minimum absolute atomic E-state index is 0.191. The molecule has 2 rings (SSSR count). The number of nitrogens with two attached hydrogens (primary N) is 1. The fourth-order valence-corrected chi connectivity index (χ4v) is 2.31. The highest BCUT2D eigenvalue weighted by molar-refractivity contribution is 7.16. The van der Waals surface area contributed by atoms with Gasteiger partial charge < -0.3 is 11.1 Å². The highest BCUT2D eigenvalue weighted by Gasteiger charge is 2.04. The van der Waals surface area contributed by atoms with E-state index in [1.807, 2.05) is 12.1 Å². The van der Waals surface area contributed by atoms with E-state index in [9.17, 15) is 0 Å². The van der Waals surface area contributed by atoms with Crippen LogP contribution in [0.15, 0.2) is 18.3 Å². The fraction of sp³-hybridized carbons (Fsp3) is 0.111. The van der Waals surface area contributed by atoms with Crippen molar-refractivity contribution < 1.29 is 0 Å². The first-order chi connectivity index (χ1) is 7.65. The molecular weight excluding hydrogens is 267 g/mol. The van der Waals surface area contributed by atoms with Crippen molar-refractivity contribution in [1.82, 2.24) is 9.97 Å². The molecule has 0 aliphatic rings. The van der Waals surface area contributed by atoms with Gasteiger partial charge in [-0.25, -0.2) is 4.98 Å². The molecule has 0 radical (unpaired) electrons. The van der Waals surface area contributed by atoms with Crippen molar-refractivity contribution in [2.45, 2.75) is 6.54 Å². The molecule has 3 N–H and O–H groups in total. The maximum absolute atomic E-state index is 5.90. The van der Waals surface area contributed by atoms with Crippen molar-refractivity contribution in [1.29, 1.82) is 0 Å². The van der Waals surface area contributed by atoms with E-state index in [2.05, 4.69) is 15.3 Å². The van der Waals surface area contributed by atoms with Gasteiger partial charge in [0.05, 0.1) is 17.1 Å². The number of nitrogen functional groups attached to an aromatic ring is 1. The summed E-state index contributed by atoms with van der Waals surface area (Å²) in [5.74, 6) is 0.717. The summed E-state index contributed by atoms with van der Waals surface area (Å²) in [5.41, 5.74) is 5.46. The average molecular weight is 275 g/mol. The molecular formula is C9H8Cl2N4S. The Morgan fingerprint density at radius 3 is 2.88 bits per heavy atom. The molecule has 2 aromatic rings. The number of aromatic nitrogens is 2. The Balaban J connectivity index is 2.07. The van der Waals surface area contributed by atoms with E-state index in [0.717, 1.165) is 9.21 Å². The maximum atomic E-state index is 5.90. The lowest BCUT2D eigenvalue weighted by Crippen LogP contribution is -2.03. The first-order valence-corrected chi connectivity index (χ1v) is 5.98. The van der Waals surface area contributed by atoms with E-state index in [1.54, 1.807) is 0 Å². The van der Waals surface area contributed by atoms with Gasteiger partial charge in [-0.3, -0.25) is 0 Å². The molecule has 0 aliphatic heterocycles. The molecule has 0 aliphatic carbocycles. The quantitative estimate of drug-likeness (QED) is 0.903. The summed E-state index contributed by atoms with van der Waals surface area (Å²) in [4.78, 5) is 8.86.